The molecule has 0 unspecified atom stereocenters. The summed E-state index contributed by atoms with van der Waals surface area (Å²) in [6, 6.07) is 12.8. The van der Waals surface area contributed by atoms with Crippen molar-refractivity contribution >= 4 is 35.2 Å². The number of halogens is 2. The van der Waals surface area contributed by atoms with Crippen LogP contribution in [0.5, 0.6) is 0 Å². The molecule has 0 bridgehead atoms. The number of allylic oxidation sites excluding steroid dienone is 5. The van der Waals surface area contributed by atoms with Gasteiger partial charge in [-0.3, -0.25) is 4.79 Å². The van der Waals surface area contributed by atoms with Crippen molar-refractivity contribution in [2.24, 2.45) is 0 Å². The lowest BCUT2D eigenvalue weighted by Gasteiger charge is -2.27. The highest BCUT2D eigenvalue weighted by Crippen LogP contribution is 2.36. The van der Waals surface area contributed by atoms with Gasteiger partial charge in [0.2, 0.25) is 0 Å². The molecule has 6 nitrogen and oxygen atoms in total. The zero-order valence-electron chi connectivity index (χ0n) is 27.4. The van der Waals surface area contributed by atoms with Crippen LogP contribution < -0.4 is 5.73 Å². The molecule has 0 aliphatic carbocycles. The Morgan fingerprint density at radius 3 is 2.22 bits per heavy atom. The van der Waals surface area contributed by atoms with Gasteiger partial charge in [-0.2, -0.15) is 0 Å². The monoisotopic (exact) mass is 633 g/mol. The van der Waals surface area contributed by atoms with E-state index in [2.05, 4.69) is 23.1 Å². The SMILES string of the molecule is C=C(CC)/C(F)=C\C=C/C.C=C(c1nc(C)c([C@@](C)(C=O)c2ccc(CCC(=O)O)cc2)c(N)n1)c1ccc(Cl)cc1C.CC. The Hall–Kier alpha value is -4.36. The van der Waals surface area contributed by atoms with Gasteiger partial charge in [-0.05, 0) is 86.6 Å². The van der Waals surface area contributed by atoms with Crippen molar-refractivity contribution < 1.29 is 19.1 Å². The number of hydrogen-bond acceptors (Lipinski definition) is 5. The Morgan fingerprint density at radius 2 is 1.73 bits per heavy atom. The van der Waals surface area contributed by atoms with E-state index >= 15 is 0 Å². The molecule has 45 heavy (non-hydrogen) atoms. The third-order valence-corrected chi connectivity index (χ3v) is 7.27. The first-order chi connectivity index (χ1) is 21.3. The fraction of sp³-hybridized carbons (Fsp3) is 0.297. The third kappa shape index (κ3) is 10.6. The Balaban J connectivity index is 0.000000719. The molecule has 3 N–H and O–H groups in total. The van der Waals surface area contributed by atoms with E-state index in [9.17, 15) is 14.0 Å². The Labute approximate surface area is 272 Å². The maximum Gasteiger partial charge on any atom is 0.303 e. The fourth-order valence-electron chi connectivity index (χ4n) is 4.47. The second-order valence-electron chi connectivity index (χ2n) is 10.2. The van der Waals surface area contributed by atoms with Crippen LogP contribution in [0.4, 0.5) is 10.2 Å². The molecule has 2 aromatic carbocycles. The smallest absolute Gasteiger partial charge is 0.303 e. The first-order valence-electron chi connectivity index (χ1n) is 14.8. The van der Waals surface area contributed by atoms with Gasteiger partial charge in [0.25, 0.3) is 0 Å². The van der Waals surface area contributed by atoms with Crippen molar-refractivity contribution in [3.63, 3.8) is 0 Å². The quantitative estimate of drug-likeness (QED) is 0.161. The van der Waals surface area contributed by atoms with E-state index in [0.29, 0.717) is 46.1 Å². The van der Waals surface area contributed by atoms with Crippen molar-refractivity contribution in [3.05, 3.63) is 130 Å². The molecule has 0 radical (unpaired) electrons. The van der Waals surface area contributed by atoms with E-state index in [1.807, 2.05) is 71.0 Å². The molecule has 0 saturated heterocycles. The standard InChI is InChI=1S/C26H26ClN3O3.C9H13F.C2H6/c1-15-13-20(27)10-11-21(15)16(2)25-29-17(3)23(24(28)30-25)26(4,14-31)19-8-5-18(6-9-19)7-12-22(32)33;1-4-6-7-9(10)8(3)5-2;1-2/h5-6,8-11,13-14H,2,7,12H2,1,3-4H3,(H,32,33)(H2,28,29,30);4,6-7H,3,5H2,1-2H3;1-2H3/b;6-4-,9-7+;/t26-;;/m0../s1. The predicted molar refractivity (Wildman–Crippen MR) is 185 cm³/mol. The van der Waals surface area contributed by atoms with Gasteiger partial charge in [-0.1, -0.05) is 88.0 Å². The van der Waals surface area contributed by atoms with Crippen LogP contribution in [-0.4, -0.2) is 27.3 Å². The molecular formula is C37H45ClFN3O3. The largest absolute Gasteiger partial charge is 0.481 e. The lowest BCUT2D eigenvalue weighted by Crippen LogP contribution is -2.29. The van der Waals surface area contributed by atoms with E-state index in [4.69, 9.17) is 22.4 Å². The van der Waals surface area contributed by atoms with E-state index < -0.39 is 11.4 Å². The van der Waals surface area contributed by atoms with E-state index in [1.54, 1.807) is 32.1 Å². The van der Waals surface area contributed by atoms with Crippen LogP contribution in [0.3, 0.4) is 0 Å². The average molecular weight is 634 g/mol. The van der Waals surface area contributed by atoms with Crippen molar-refractivity contribution in [2.75, 3.05) is 5.73 Å². The number of rotatable bonds is 11. The molecule has 1 heterocycles. The molecule has 1 aromatic heterocycles. The summed E-state index contributed by atoms with van der Waals surface area (Å²) >= 11 is 6.06. The van der Waals surface area contributed by atoms with Gasteiger partial charge >= 0.3 is 5.97 Å². The van der Waals surface area contributed by atoms with Crippen LogP contribution in [0.1, 0.15) is 86.8 Å². The van der Waals surface area contributed by atoms with Gasteiger partial charge in [0, 0.05) is 28.3 Å². The van der Waals surface area contributed by atoms with Crippen LogP contribution >= 0.6 is 11.6 Å². The van der Waals surface area contributed by atoms with Crippen LogP contribution in [0.25, 0.3) is 5.57 Å². The number of benzene rings is 2. The maximum absolute atomic E-state index is 12.7. The molecule has 3 aromatic rings. The Bertz CT molecular complexity index is 1540. The van der Waals surface area contributed by atoms with Gasteiger partial charge in [0.1, 0.15) is 17.9 Å². The molecule has 3 rings (SSSR count). The molecule has 0 amide bonds. The number of carbonyl (C=O) groups is 2. The number of hydrogen-bond donors (Lipinski definition) is 2. The summed E-state index contributed by atoms with van der Waals surface area (Å²) in [4.78, 5) is 32.3. The lowest BCUT2D eigenvalue weighted by atomic mass is 9.76. The van der Waals surface area contributed by atoms with Gasteiger partial charge < -0.3 is 15.6 Å². The number of aromatic nitrogens is 2. The molecular weight excluding hydrogens is 589 g/mol. The molecule has 240 valence electrons. The van der Waals surface area contributed by atoms with Crippen molar-refractivity contribution in [3.8, 4) is 0 Å². The predicted octanol–water partition coefficient (Wildman–Crippen LogP) is 9.32. The molecule has 0 fully saturated rings. The number of nitrogens with two attached hydrogens (primary N) is 1. The minimum absolute atomic E-state index is 0.0443. The molecule has 0 aliphatic rings. The lowest BCUT2D eigenvalue weighted by molar-refractivity contribution is -0.137. The van der Waals surface area contributed by atoms with Gasteiger partial charge in [0.15, 0.2) is 5.82 Å². The number of nitrogen functional groups attached to an aromatic ring is 1. The molecule has 0 saturated carbocycles. The number of carboxylic acid groups (broad SMARTS) is 1. The van der Waals surface area contributed by atoms with E-state index in [0.717, 1.165) is 28.5 Å². The second-order valence-corrected chi connectivity index (χ2v) is 10.7. The summed E-state index contributed by atoms with van der Waals surface area (Å²) in [5.74, 6) is -0.486. The molecule has 0 aliphatic heterocycles. The van der Waals surface area contributed by atoms with Crippen LogP contribution in [-0.2, 0) is 21.4 Å². The first kappa shape index (κ1) is 38.7. The normalized spacial score (nSPS) is 12.2. The van der Waals surface area contributed by atoms with Gasteiger partial charge in [-0.25, -0.2) is 14.4 Å². The minimum atomic E-state index is -1.07. The van der Waals surface area contributed by atoms with Crippen LogP contribution in [0.15, 0.2) is 85.3 Å². The number of carbonyl (C=O) groups excluding carboxylic acids is 1. The third-order valence-electron chi connectivity index (χ3n) is 7.04. The highest BCUT2D eigenvalue weighted by atomic mass is 35.5. The first-order valence-corrected chi connectivity index (χ1v) is 15.2. The highest BCUT2D eigenvalue weighted by Gasteiger charge is 2.34. The molecule has 8 heteroatoms. The van der Waals surface area contributed by atoms with Crippen molar-refractivity contribution in [1.82, 2.24) is 9.97 Å². The second kappa shape index (κ2) is 18.4. The van der Waals surface area contributed by atoms with Crippen LogP contribution in [0, 0.1) is 13.8 Å². The number of anilines is 1. The van der Waals surface area contributed by atoms with E-state index in [1.165, 1.54) is 6.08 Å². The summed E-state index contributed by atoms with van der Waals surface area (Å²) in [5, 5.41) is 9.51. The van der Waals surface area contributed by atoms with E-state index in [-0.39, 0.29) is 18.1 Å². The fourth-order valence-corrected chi connectivity index (χ4v) is 4.69. The maximum atomic E-state index is 12.7. The average Bonchev–Trinajstić information content (AvgIpc) is 3.02. The zero-order chi connectivity index (χ0) is 34.3. The Kier molecular flexibility index (Phi) is 15.9. The number of carboxylic acids is 1. The summed E-state index contributed by atoms with van der Waals surface area (Å²) in [6.07, 6.45) is 6.82. The van der Waals surface area contributed by atoms with Crippen molar-refractivity contribution in [1.29, 1.82) is 0 Å². The number of nitrogens with zero attached hydrogens (tertiary/aromatic N) is 2. The summed E-state index contributed by atoms with van der Waals surface area (Å²) in [5.41, 5.74) is 11.0. The zero-order valence-corrected chi connectivity index (χ0v) is 28.1. The Morgan fingerprint density at radius 1 is 1.11 bits per heavy atom. The summed E-state index contributed by atoms with van der Waals surface area (Å²) in [7, 11) is 0. The summed E-state index contributed by atoms with van der Waals surface area (Å²) in [6.45, 7) is 20.9. The topological polar surface area (TPSA) is 106 Å². The van der Waals surface area contributed by atoms with Gasteiger partial charge in [0.05, 0.1) is 5.41 Å². The minimum Gasteiger partial charge on any atom is -0.481 e. The van der Waals surface area contributed by atoms with Crippen LogP contribution in [0.2, 0.25) is 5.02 Å². The molecule has 1 atom stereocenters. The number of aliphatic carboxylic acids is 1. The number of aldehydes is 1. The van der Waals surface area contributed by atoms with Crippen molar-refractivity contribution in [2.45, 2.75) is 73.1 Å². The molecule has 0 spiro atoms. The van der Waals surface area contributed by atoms with Gasteiger partial charge in [-0.15, -0.1) is 0 Å². The highest BCUT2D eigenvalue weighted by molar-refractivity contribution is 6.30. The summed E-state index contributed by atoms with van der Waals surface area (Å²) < 4.78 is 12.7. The number of aryl methyl sites for hydroxylation is 3.